The average molecular weight is 586 g/mol. The van der Waals surface area contributed by atoms with Crippen molar-refractivity contribution < 1.29 is 14.6 Å². The van der Waals surface area contributed by atoms with Crippen LogP contribution in [0.1, 0.15) is 12.0 Å². The molecular weight excluding hydrogens is 561 g/mol. The first-order valence-corrected chi connectivity index (χ1v) is 12.2. The van der Waals surface area contributed by atoms with E-state index < -0.39 is 6.04 Å². The van der Waals surface area contributed by atoms with Gasteiger partial charge in [0.25, 0.3) is 5.91 Å². The van der Waals surface area contributed by atoms with E-state index in [2.05, 4.69) is 32.9 Å². The molecule has 0 bridgehead atoms. The van der Waals surface area contributed by atoms with Gasteiger partial charge in [-0.25, -0.2) is 4.98 Å². The van der Waals surface area contributed by atoms with E-state index in [4.69, 9.17) is 12.2 Å². The largest absolute Gasteiger partial charge is 0.378 e. The summed E-state index contributed by atoms with van der Waals surface area (Å²) in [7, 11) is 3.92. The maximum absolute atomic E-state index is 13.6. The summed E-state index contributed by atoms with van der Waals surface area (Å²) >= 11 is 7.94. The maximum atomic E-state index is 13.6. The molecule has 4 rings (SSSR count). The number of hydrogen-bond donors (Lipinski definition) is 1. The van der Waals surface area contributed by atoms with Gasteiger partial charge in [-0.2, -0.15) is 0 Å². The van der Waals surface area contributed by atoms with E-state index in [9.17, 15) is 9.59 Å². The Bertz CT molecular complexity index is 1200. The normalized spacial score (nSPS) is 15.6. The lowest BCUT2D eigenvalue weighted by molar-refractivity contribution is -0.378. The number of anilines is 3. The second-order valence-electron chi connectivity index (χ2n) is 8.15. The van der Waals surface area contributed by atoms with E-state index in [1.807, 2.05) is 97.0 Å². The third-order valence-electron chi connectivity index (χ3n) is 5.61. The number of benzene rings is 2. The molecule has 0 aliphatic carbocycles. The minimum absolute atomic E-state index is 0.00477. The van der Waals surface area contributed by atoms with Gasteiger partial charge in [0.1, 0.15) is 6.04 Å². The molecule has 1 aliphatic rings. The van der Waals surface area contributed by atoms with Gasteiger partial charge in [-0.05, 0) is 76.8 Å². The van der Waals surface area contributed by atoms with E-state index in [0.717, 1.165) is 20.5 Å². The van der Waals surface area contributed by atoms with Crippen molar-refractivity contribution >= 4 is 68.8 Å². The summed E-state index contributed by atoms with van der Waals surface area (Å²) in [6, 6.07) is 18.4. The van der Waals surface area contributed by atoms with Gasteiger partial charge in [-0.1, -0.05) is 12.1 Å². The highest BCUT2D eigenvalue weighted by molar-refractivity contribution is 14.1. The molecule has 1 fully saturated rings. The molecule has 1 unspecified atom stereocenters. The van der Waals surface area contributed by atoms with Crippen LogP contribution in [0.4, 0.5) is 17.1 Å². The van der Waals surface area contributed by atoms with Gasteiger partial charge in [-0.3, -0.25) is 14.5 Å². The second-order valence-corrected chi connectivity index (χ2v) is 9.68. The predicted molar refractivity (Wildman–Crippen MR) is 146 cm³/mol. The van der Waals surface area contributed by atoms with Crippen molar-refractivity contribution in [3.63, 3.8) is 0 Å². The molecule has 7 nitrogen and oxygen atoms in total. The molecule has 0 radical (unpaired) electrons. The lowest BCUT2D eigenvalue weighted by Gasteiger charge is -2.24. The molecule has 9 heteroatoms. The topological polar surface area (TPSA) is 70.0 Å². The number of aromatic nitrogens is 1. The van der Waals surface area contributed by atoms with E-state index in [1.165, 1.54) is 4.90 Å². The average Bonchev–Trinajstić information content (AvgIpc) is 3.05. The quantitative estimate of drug-likeness (QED) is 0.338. The van der Waals surface area contributed by atoms with Gasteiger partial charge in [0.2, 0.25) is 5.91 Å². The van der Waals surface area contributed by atoms with Crippen LogP contribution in [0.2, 0.25) is 0 Å². The lowest BCUT2D eigenvalue weighted by atomic mass is 10.1. The van der Waals surface area contributed by atoms with Crippen molar-refractivity contribution in [3.8, 4) is 0 Å². The number of carbonyl (C=O) groups is 2. The Labute approximate surface area is 217 Å². The maximum Gasteiger partial charge on any atom is 0.256 e. The van der Waals surface area contributed by atoms with Crippen molar-refractivity contribution in [2.75, 3.05) is 29.2 Å². The monoisotopic (exact) mass is 586 g/mol. The standard InChI is InChI=1S/C25H24IN5O2S/c1-29(2)18-7-9-19(10-8-18)31-24(33)22(15-23(32)28-21-6-4-3-5-20(21)26)30(25(31)34)16-17-11-13-27-14-12-17/h3-14,22H,15-16H2,1-2H3,(H,28,32)/p+1. The van der Waals surface area contributed by atoms with Gasteiger partial charge in [0.15, 0.2) is 17.5 Å². The number of pyridine rings is 1. The Morgan fingerprint density at radius 1 is 1.09 bits per heavy atom. The van der Waals surface area contributed by atoms with E-state index in [0.29, 0.717) is 17.3 Å². The number of thiocarbonyl (C=S) groups is 1. The summed E-state index contributed by atoms with van der Waals surface area (Å²) in [5.41, 5.74) is 3.42. The summed E-state index contributed by atoms with van der Waals surface area (Å²) in [5, 5.41) is 3.33. The minimum atomic E-state index is -0.702. The molecule has 0 spiro atoms. The molecule has 1 aliphatic heterocycles. The van der Waals surface area contributed by atoms with Gasteiger partial charge < -0.3 is 15.1 Å². The first kappa shape index (κ1) is 24.1. The molecule has 2 aromatic carbocycles. The highest BCUT2D eigenvalue weighted by Crippen LogP contribution is 2.30. The number of H-pyrrole nitrogens is 1. The van der Waals surface area contributed by atoms with Crippen LogP contribution in [-0.4, -0.2) is 42.0 Å². The Morgan fingerprint density at radius 3 is 2.41 bits per heavy atom. The summed E-state index contributed by atoms with van der Waals surface area (Å²) in [6.07, 6.45) is 3.65. The molecule has 2 amide bonds. The molecule has 1 aromatic heterocycles. The number of halogens is 1. The molecule has 1 saturated heterocycles. The van der Waals surface area contributed by atoms with Crippen molar-refractivity contribution in [1.82, 2.24) is 4.90 Å². The molecular formula is C25H25IN5O2S+. The molecule has 3 aromatic rings. The van der Waals surface area contributed by atoms with Crippen molar-refractivity contribution in [2.24, 2.45) is 0 Å². The number of hydrogen-bond acceptors (Lipinski definition) is 4. The fourth-order valence-electron chi connectivity index (χ4n) is 3.81. The van der Waals surface area contributed by atoms with Crippen LogP contribution >= 0.6 is 34.8 Å². The van der Waals surface area contributed by atoms with E-state index in [-0.39, 0.29) is 18.2 Å². The van der Waals surface area contributed by atoms with E-state index >= 15 is 0 Å². The molecule has 0 saturated carbocycles. The number of para-hydroxylation sites is 1. The van der Waals surface area contributed by atoms with Crippen molar-refractivity contribution in [3.05, 3.63) is 82.2 Å². The summed E-state index contributed by atoms with van der Waals surface area (Å²) < 4.78 is 0.932. The van der Waals surface area contributed by atoms with Gasteiger partial charge in [0.05, 0.1) is 17.8 Å². The van der Waals surface area contributed by atoms with Crippen LogP contribution in [0.5, 0.6) is 0 Å². The van der Waals surface area contributed by atoms with E-state index in [1.54, 1.807) is 0 Å². The summed E-state index contributed by atoms with van der Waals surface area (Å²) in [6.45, 7) is 0.423. The molecule has 174 valence electrons. The fourth-order valence-corrected chi connectivity index (χ4v) is 4.72. The number of nitrogens with one attached hydrogen (secondary N) is 2. The van der Waals surface area contributed by atoms with Gasteiger partial charge in [-0.15, -0.1) is 0 Å². The van der Waals surface area contributed by atoms with Crippen LogP contribution in [0, 0.1) is 3.57 Å². The number of aromatic amines is 1. The third kappa shape index (κ3) is 5.20. The third-order valence-corrected chi connectivity index (χ3v) is 6.97. The van der Waals surface area contributed by atoms with Crippen molar-refractivity contribution in [1.29, 1.82) is 0 Å². The second kappa shape index (κ2) is 10.5. The highest BCUT2D eigenvalue weighted by atomic mass is 127. The Balaban J connectivity index is 1.61. The zero-order valence-corrected chi connectivity index (χ0v) is 21.8. The Hall–Kier alpha value is -3.05. The molecule has 34 heavy (non-hydrogen) atoms. The zero-order valence-electron chi connectivity index (χ0n) is 18.9. The number of rotatable bonds is 7. The van der Waals surface area contributed by atoms with Crippen LogP contribution in [0.25, 0.3) is 0 Å². The van der Waals surface area contributed by atoms with Gasteiger partial charge in [0, 0.05) is 42.0 Å². The number of nitrogens with zero attached hydrogens (tertiary/aromatic N) is 3. The van der Waals surface area contributed by atoms with Crippen molar-refractivity contribution in [2.45, 2.75) is 19.0 Å². The van der Waals surface area contributed by atoms with Gasteiger partial charge >= 0.3 is 0 Å². The van der Waals surface area contributed by atoms with Crippen LogP contribution in [-0.2, 0) is 16.1 Å². The predicted octanol–water partition coefficient (Wildman–Crippen LogP) is 3.70. The first-order valence-electron chi connectivity index (χ1n) is 10.8. The molecule has 1 atom stereocenters. The number of carbonyl (C=O) groups excluding carboxylic acids is 2. The smallest absolute Gasteiger partial charge is 0.256 e. The minimum Gasteiger partial charge on any atom is -0.378 e. The molecule has 2 N–H and O–H groups in total. The fraction of sp³-hybridized carbons (Fsp3) is 0.200. The highest BCUT2D eigenvalue weighted by Gasteiger charge is 2.44. The van der Waals surface area contributed by atoms with Crippen LogP contribution in [0.3, 0.4) is 0 Å². The Morgan fingerprint density at radius 2 is 1.76 bits per heavy atom. The zero-order chi connectivity index (χ0) is 24.2. The summed E-state index contributed by atoms with van der Waals surface area (Å²) in [4.78, 5) is 34.9. The SMILES string of the molecule is CN(C)c1ccc(N2C(=O)C(CC(=O)Nc3ccccc3I)N(Cc3cc[nH+]cc3)C2=S)cc1. The first-order chi connectivity index (χ1) is 16.3. The van der Waals surface area contributed by atoms with Crippen LogP contribution in [0.15, 0.2) is 73.1 Å². The molecule has 2 heterocycles. The number of amides is 2. The lowest BCUT2D eigenvalue weighted by Crippen LogP contribution is -2.37. The Kier molecular flexibility index (Phi) is 7.42. The summed E-state index contributed by atoms with van der Waals surface area (Å²) in [5.74, 6) is -0.440. The van der Waals surface area contributed by atoms with Crippen LogP contribution < -0.4 is 20.1 Å².